The molecule has 0 aliphatic carbocycles. The lowest BCUT2D eigenvalue weighted by molar-refractivity contribution is -0.123. The second kappa shape index (κ2) is 8.37. The molecule has 0 fully saturated rings. The van der Waals surface area contributed by atoms with Crippen LogP contribution in [0.5, 0.6) is 11.5 Å². The molecular formula is C14H22N2O3. The number of carbonyl (C=O) groups is 1. The number of nitrogens with two attached hydrogens (primary N) is 1. The summed E-state index contributed by atoms with van der Waals surface area (Å²) < 4.78 is 10.7. The lowest BCUT2D eigenvalue weighted by atomic mass is 10.2. The average molecular weight is 266 g/mol. The smallest absolute Gasteiger partial charge is 0.258 e. The van der Waals surface area contributed by atoms with Crippen molar-refractivity contribution < 1.29 is 14.3 Å². The van der Waals surface area contributed by atoms with Crippen molar-refractivity contribution >= 4 is 5.91 Å². The zero-order valence-electron chi connectivity index (χ0n) is 11.5. The minimum atomic E-state index is -0.161. The SMILES string of the molecule is CCOc1ccc(OCC(=O)NC(CC)CN)cc1. The first-order valence-corrected chi connectivity index (χ1v) is 6.54. The number of carbonyl (C=O) groups excluding carboxylic acids is 1. The summed E-state index contributed by atoms with van der Waals surface area (Å²) >= 11 is 0. The third-order valence-corrected chi connectivity index (χ3v) is 2.65. The third-order valence-electron chi connectivity index (χ3n) is 2.65. The first-order valence-electron chi connectivity index (χ1n) is 6.54. The van der Waals surface area contributed by atoms with E-state index in [9.17, 15) is 4.79 Å². The van der Waals surface area contributed by atoms with E-state index in [0.29, 0.717) is 18.9 Å². The van der Waals surface area contributed by atoms with Crippen molar-refractivity contribution in [3.8, 4) is 11.5 Å². The first kappa shape index (κ1) is 15.3. The maximum Gasteiger partial charge on any atom is 0.258 e. The fraction of sp³-hybridized carbons (Fsp3) is 0.500. The average Bonchev–Trinajstić information content (AvgIpc) is 2.44. The van der Waals surface area contributed by atoms with Crippen LogP contribution < -0.4 is 20.5 Å². The van der Waals surface area contributed by atoms with Crippen LogP contribution >= 0.6 is 0 Å². The van der Waals surface area contributed by atoms with Crippen molar-refractivity contribution in [1.82, 2.24) is 5.32 Å². The summed E-state index contributed by atoms with van der Waals surface area (Å²) in [5.74, 6) is 1.26. The van der Waals surface area contributed by atoms with Crippen LogP contribution in [0.1, 0.15) is 20.3 Å². The topological polar surface area (TPSA) is 73.6 Å². The van der Waals surface area contributed by atoms with Crippen molar-refractivity contribution in [3.63, 3.8) is 0 Å². The van der Waals surface area contributed by atoms with Crippen LogP contribution in [0.2, 0.25) is 0 Å². The van der Waals surface area contributed by atoms with Crippen LogP contribution in [0.25, 0.3) is 0 Å². The Hall–Kier alpha value is -1.75. The van der Waals surface area contributed by atoms with Gasteiger partial charge in [0.1, 0.15) is 11.5 Å². The second-order valence-electron chi connectivity index (χ2n) is 4.10. The van der Waals surface area contributed by atoms with Crippen LogP contribution in [0.4, 0.5) is 0 Å². The molecule has 0 spiro atoms. The molecule has 0 saturated heterocycles. The highest BCUT2D eigenvalue weighted by atomic mass is 16.5. The number of rotatable bonds is 8. The van der Waals surface area contributed by atoms with Gasteiger partial charge in [-0.1, -0.05) is 6.92 Å². The van der Waals surface area contributed by atoms with E-state index in [1.54, 1.807) is 12.1 Å². The van der Waals surface area contributed by atoms with Gasteiger partial charge >= 0.3 is 0 Å². The standard InChI is InChI=1S/C14H22N2O3/c1-3-11(9-15)16-14(17)10-19-13-7-5-12(6-8-13)18-4-2/h5-8,11H,3-4,9-10,15H2,1-2H3,(H,16,17). The maximum atomic E-state index is 11.6. The van der Waals surface area contributed by atoms with E-state index in [2.05, 4.69) is 5.32 Å². The zero-order chi connectivity index (χ0) is 14.1. The van der Waals surface area contributed by atoms with Gasteiger partial charge in [0.05, 0.1) is 6.61 Å². The van der Waals surface area contributed by atoms with Gasteiger partial charge in [0.25, 0.3) is 5.91 Å². The lowest BCUT2D eigenvalue weighted by Crippen LogP contribution is -2.41. The maximum absolute atomic E-state index is 11.6. The van der Waals surface area contributed by atoms with Gasteiger partial charge in [-0.05, 0) is 37.6 Å². The highest BCUT2D eigenvalue weighted by Crippen LogP contribution is 2.17. The number of hydrogen-bond donors (Lipinski definition) is 2. The molecule has 3 N–H and O–H groups in total. The van der Waals surface area contributed by atoms with Gasteiger partial charge in [-0.3, -0.25) is 4.79 Å². The molecule has 5 heteroatoms. The number of amides is 1. The Morgan fingerprint density at radius 1 is 1.21 bits per heavy atom. The molecule has 0 aliphatic heterocycles. The Kier molecular flexibility index (Phi) is 6.74. The molecule has 5 nitrogen and oxygen atoms in total. The number of hydrogen-bond acceptors (Lipinski definition) is 4. The summed E-state index contributed by atoms with van der Waals surface area (Å²) in [7, 11) is 0. The number of benzene rings is 1. The van der Waals surface area contributed by atoms with Gasteiger partial charge in [0.2, 0.25) is 0 Å². The van der Waals surface area contributed by atoms with Crippen molar-refractivity contribution in [2.75, 3.05) is 19.8 Å². The molecule has 1 amide bonds. The monoisotopic (exact) mass is 266 g/mol. The molecule has 106 valence electrons. The van der Waals surface area contributed by atoms with E-state index < -0.39 is 0 Å². The molecule has 19 heavy (non-hydrogen) atoms. The molecule has 0 aromatic heterocycles. The van der Waals surface area contributed by atoms with E-state index in [0.717, 1.165) is 12.2 Å². The normalized spacial score (nSPS) is 11.7. The minimum absolute atomic E-state index is 0.00944. The Balaban J connectivity index is 2.37. The first-order chi connectivity index (χ1) is 9.19. The van der Waals surface area contributed by atoms with Crippen LogP contribution in [-0.4, -0.2) is 31.7 Å². The van der Waals surface area contributed by atoms with E-state index in [1.165, 1.54) is 0 Å². The van der Waals surface area contributed by atoms with Crippen molar-refractivity contribution in [1.29, 1.82) is 0 Å². The molecule has 1 atom stereocenters. The fourth-order valence-corrected chi connectivity index (χ4v) is 1.54. The molecule has 0 radical (unpaired) electrons. The van der Waals surface area contributed by atoms with Gasteiger partial charge in [0.15, 0.2) is 6.61 Å². The van der Waals surface area contributed by atoms with Gasteiger partial charge in [-0.15, -0.1) is 0 Å². The molecule has 0 saturated carbocycles. The summed E-state index contributed by atoms with van der Waals surface area (Å²) in [4.78, 5) is 11.6. The van der Waals surface area contributed by atoms with Crippen LogP contribution in [0, 0.1) is 0 Å². The highest BCUT2D eigenvalue weighted by Gasteiger charge is 2.08. The van der Waals surface area contributed by atoms with E-state index >= 15 is 0 Å². The summed E-state index contributed by atoms with van der Waals surface area (Å²) in [6.07, 6.45) is 0.811. The molecule has 0 aliphatic rings. The van der Waals surface area contributed by atoms with Crippen LogP contribution in [-0.2, 0) is 4.79 Å². The Morgan fingerprint density at radius 3 is 2.26 bits per heavy atom. The van der Waals surface area contributed by atoms with Crippen LogP contribution in [0.15, 0.2) is 24.3 Å². The Bertz CT molecular complexity index is 375. The molecule has 0 heterocycles. The van der Waals surface area contributed by atoms with Gasteiger partial charge in [-0.2, -0.15) is 0 Å². The molecular weight excluding hydrogens is 244 g/mol. The van der Waals surface area contributed by atoms with E-state index in [4.69, 9.17) is 15.2 Å². The summed E-state index contributed by atoms with van der Waals surface area (Å²) in [5, 5.41) is 2.80. The second-order valence-corrected chi connectivity index (χ2v) is 4.10. The summed E-state index contributed by atoms with van der Waals surface area (Å²) in [6, 6.07) is 7.19. The molecule has 1 unspecified atom stereocenters. The lowest BCUT2D eigenvalue weighted by Gasteiger charge is -2.14. The quantitative estimate of drug-likeness (QED) is 0.744. The fourth-order valence-electron chi connectivity index (χ4n) is 1.54. The summed E-state index contributed by atoms with van der Waals surface area (Å²) in [5.41, 5.74) is 5.51. The van der Waals surface area contributed by atoms with E-state index in [-0.39, 0.29) is 18.6 Å². The van der Waals surface area contributed by atoms with Gasteiger partial charge < -0.3 is 20.5 Å². The van der Waals surface area contributed by atoms with Crippen molar-refractivity contribution in [2.24, 2.45) is 5.73 Å². The molecule has 1 rings (SSSR count). The van der Waals surface area contributed by atoms with Crippen molar-refractivity contribution in [3.05, 3.63) is 24.3 Å². The molecule has 1 aromatic carbocycles. The highest BCUT2D eigenvalue weighted by molar-refractivity contribution is 5.77. The summed E-state index contributed by atoms with van der Waals surface area (Å²) in [6.45, 7) is 4.96. The predicted octanol–water partition coefficient (Wildman–Crippen LogP) is 1.32. The van der Waals surface area contributed by atoms with E-state index in [1.807, 2.05) is 26.0 Å². The molecule has 0 bridgehead atoms. The van der Waals surface area contributed by atoms with Gasteiger partial charge in [-0.25, -0.2) is 0 Å². The Labute approximate surface area is 114 Å². The minimum Gasteiger partial charge on any atom is -0.494 e. The van der Waals surface area contributed by atoms with Gasteiger partial charge in [0, 0.05) is 12.6 Å². The largest absolute Gasteiger partial charge is 0.494 e. The zero-order valence-corrected chi connectivity index (χ0v) is 11.5. The third kappa shape index (κ3) is 5.61. The number of nitrogens with one attached hydrogen (secondary N) is 1. The van der Waals surface area contributed by atoms with Crippen LogP contribution in [0.3, 0.4) is 0 Å². The molecule has 1 aromatic rings. The predicted molar refractivity (Wildman–Crippen MR) is 74.4 cm³/mol. The Morgan fingerprint density at radius 2 is 1.79 bits per heavy atom. The van der Waals surface area contributed by atoms with Crippen molar-refractivity contribution in [2.45, 2.75) is 26.3 Å². The number of ether oxygens (including phenoxy) is 2.